The summed E-state index contributed by atoms with van der Waals surface area (Å²) >= 11 is 1.40. The third-order valence-electron chi connectivity index (χ3n) is 6.31. The molecule has 3 unspecified atom stereocenters. The molecular weight excluding hydrogens is 454 g/mol. The zero-order valence-corrected chi connectivity index (χ0v) is 19.3. The highest BCUT2D eigenvalue weighted by Gasteiger charge is 2.39. The Bertz CT molecular complexity index is 1300. The van der Waals surface area contributed by atoms with Crippen molar-refractivity contribution in [3.63, 3.8) is 0 Å². The van der Waals surface area contributed by atoms with E-state index in [1.54, 1.807) is 19.3 Å². The number of nitrogens with one attached hydrogen (secondary N) is 3. The summed E-state index contributed by atoms with van der Waals surface area (Å²) in [5, 5.41) is 8.05. The molecule has 0 spiro atoms. The number of fused-ring (bicyclic) bond motifs is 2. The molecule has 0 aromatic carbocycles. The molecule has 1 aliphatic carbocycles. The van der Waals surface area contributed by atoms with Gasteiger partial charge in [0.15, 0.2) is 16.0 Å². The van der Waals surface area contributed by atoms with Crippen LogP contribution in [0, 0.1) is 0 Å². The zero-order valence-electron chi connectivity index (χ0n) is 18.5. The van der Waals surface area contributed by atoms with E-state index in [1.807, 2.05) is 24.3 Å². The maximum Gasteiger partial charge on any atom is 0.356 e. The normalized spacial score (nSPS) is 24.7. The van der Waals surface area contributed by atoms with Crippen molar-refractivity contribution in [2.45, 2.75) is 49.4 Å². The van der Waals surface area contributed by atoms with Crippen LogP contribution in [-0.2, 0) is 9.53 Å². The number of H-pyrrole nitrogens is 1. The minimum absolute atomic E-state index is 0.0114. The molecule has 0 amide bonds. The third kappa shape index (κ3) is 3.49. The predicted octanol–water partition coefficient (Wildman–Crippen LogP) is 3.74. The van der Waals surface area contributed by atoms with Crippen LogP contribution < -0.4 is 10.6 Å². The summed E-state index contributed by atoms with van der Waals surface area (Å²) in [6, 6.07) is 3.77. The Morgan fingerprint density at radius 3 is 3.09 bits per heavy atom. The Balaban J connectivity index is 1.34. The molecule has 2 aromatic rings. The van der Waals surface area contributed by atoms with Crippen molar-refractivity contribution < 1.29 is 18.7 Å². The number of ketones is 1. The second kappa shape index (κ2) is 8.35. The van der Waals surface area contributed by atoms with E-state index in [0.29, 0.717) is 34.2 Å². The van der Waals surface area contributed by atoms with Crippen molar-refractivity contribution >= 4 is 40.6 Å². The minimum atomic E-state index is -0.430. The van der Waals surface area contributed by atoms with Crippen LogP contribution in [0.4, 0.5) is 5.69 Å². The fourth-order valence-electron chi connectivity index (χ4n) is 4.83. The van der Waals surface area contributed by atoms with Gasteiger partial charge in [-0.3, -0.25) is 14.8 Å². The number of carbonyl (C=O) groups excluding carboxylic acids is 2. The second-order valence-electron chi connectivity index (χ2n) is 8.40. The fraction of sp³-hybridized carbons (Fsp3) is 0.333. The number of amidine groups is 1. The van der Waals surface area contributed by atoms with Crippen LogP contribution in [0.5, 0.6) is 0 Å². The smallest absolute Gasteiger partial charge is 0.356 e. The van der Waals surface area contributed by atoms with E-state index in [9.17, 15) is 9.59 Å². The second-order valence-corrected chi connectivity index (χ2v) is 9.39. The van der Waals surface area contributed by atoms with Gasteiger partial charge in [0.2, 0.25) is 0 Å². The fourth-order valence-corrected chi connectivity index (χ4v) is 5.64. The molecule has 9 nitrogen and oxygen atoms in total. The van der Waals surface area contributed by atoms with Crippen LogP contribution >= 0.6 is 11.8 Å². The number of dihydropyridines is 1. The summed E-state index contributed by atoms with van der Waals surface area (Å²) in [5.74, 6) is -0.0810. The first-order valence-corrected chi connectivity index (χ1v) is 12.2. The van der Waals surface area contributed by atoms with Gasteiger partial charge in [0, 0.05) is 35.7 Å². The standard InChI is InChI=1S/C24H23N5O4S/c1-2-32-23(31)21-20-12(11-26-21)18(19-13(27-20)5-3-7-15(19)30)16-8-9-17(33-16)34-24-28-14-6-4-10-25-22(14)29-24/h4,6,8-11,14,18,22,26-27H,2-3,5,7H2,1H3,(H,28,29). The summed E-state index contributed by atoms with van der Waals surface area (Å²) in [4.78, 5) is 37.6. The van der Waals surface area contributed by atoms with Gasteiger partial charge < -0.3 is 24.8 Å². The number of aliphatic imine (C=N–C) groups is 2. The number of aromatic nitrogens is 1. The van der Waals surface area contributed by atoms with Crippen LogP contribution in [0.1, 0.15) is 53.9 Å². The maximum absolute atomic E-state index is 13.0. The molecule has 2 aromatic heterocycles. The SMILES string of the molecule is CCOC(=O)c1[nH]cc2c1NC1=C(C(=O)CCC1)C2c1ccc(SC2=NC3C=CC=NC3N2)o1. The summed E-state index contributed by atoms with van der Waals surface area (Å²) in [6.07, 6.45) is 9.37. The Hall–Kier alpha value is -3.53. The molecule has 34 heavy (non-hydrogen) atoms. The number of nitrogens with zero attached hydrogens (tertiary/aromatic N) is 2. The van der Waals surface area contributed by atoms with Crippen molar-refractivity contribution in [1.29, 1.82) is 0 Å². The monoisotopic (exact) mass is 477 g/mol. The summed E-state index contributed by atoms with van der Waals surface area (Å²) in [5.41, 5.74) is 3.36. The van der Waals surface area contributed by atoms with Crippen molar-refractivity contribution in [3.05, 3.63) is 58.8 Å². The Kier molecular flexibility index (Phi) is 5.17. The van der Waals surface area contributed by atoms with Crippen LogP contribution in [0.15, 0.2) is 61.2 Å². The number of hydrogen-bond donors (Lipinski definition) is 3. The predicted molar refractivity (Wildman–Crippen MR) is 128 cm³/mol. The molecule has 4 aliphatic rings. The van der Waals surface area contributed by atoms with Crippen LogP contribution in [0.2, 0.25) is 0 Å². The third-order valence-corrected chi connectivity index (χ3v) is 7.15. The number of aromatic amines is 1. The van der Waals surface area contributed by atoms with Crippen molar-refractivity contribution in [2.75, 3.05) is 11.9 Å². The molecule has 0 bridgehead atoms. The van der Waals surface area contributed by atoms with Gasteiger partial charge in [0.1, 0.15) is 23.7 Å². The number of esters is 1. The van der Waals surface area contributed by atoms with E-state index in [-0.39, 0.29) is 24.6 Å². The molecule has 0 saturated heterocycles. The Morgan fingerprint density at radius 1 is 1.32 bits per heavy atom. The van der Waals surface area contributed by atoms with E-state index in [2.05, 4.69) is 25.6 Å². The summed E-state index contributed by atoms with van der Waals surface area (Å²) < 4.78 is 11.5. The molecule has 0 radical (unpaired) electrons. The number of allylic oxidation sites excluding steroid dienone is 3. The molecule has 3 atom stereocenters. The van der Waals surface area contributed by atoms with E-state index < -0.39 is 11.9 Å². The largest absolute Gasteiger partial charge is 0.461 e. The molecule has 0 fully saturated rings. The molecule has 3 N–H and O–H groups in total. The van der Waals surface area contributed by atoms with Gasteiger partial charge in [-0.05, 0) is 49.7 Å². The van der Waals surface area contributed by atoms with Gasteiger partial charge in [-0.25, -0.2) is 4.79 Å². The quantitative estimate of drug-likeness (QED) is 0.574. The molecule has 3 aliphatic heterocycles. The first kappa shape index (κ1) is 21.0. The highest BCUT2D eigenvalue weighted by Crippen LogP contribution is 2.47. The van der Waals surface area contributed by atoms with Gasteiger partial charge in [-0.2, -0.15) is 0 Å². The van der Waals surface area contributed by atoms with Gasteiger partial charge in [0.25, 0.3) is 0 Å². The lowest BCUT2D eigenvalue weighted by Gasteiger charge is -2.31. The minimum Gasteiger partial charge on any atom is -0.461 e. The van der Waals surface area contributed by atoms with E-state index in [1.165, 1.54) is 11.8 Å². The van der Waals surface area contributed by atoms with Gasteiger partial charge in [0.05, 0.1) is 18.2 Å². The van der Waals surface area contributed by atoms with Gasteiger partial charge in [-0.15, -0.1) is 0 Å². The molecule has 174 valence electrons. The molecule has 5 heterocycles. The lowest BCUT2D eigenvalue weighted by Crippen LogP contribution is -2.32. The first-order chi connectivity index (χ1) is 16.6. The number of carbonyl (C=O) groups is 2. The van der Waals surface area contributed by atoms with Crippen LogP contribution in [0.3, 0.4) is 0 Å². The van der Waals surface area contributed by atoms with Gasteiger partial charge >= 0.3 is 5.97 Å². The summed E-state index contributed by atoms with van der Waals surface area (Å²) in [7, 11) is 0. The van der Waals surface area contributed by atoms with Crippen molar-refractivity contribution in [1.82, 2.24) is 10.3 Å². The van der Waals surface area contributed by atoms with Crippen molar-refractivity contribution in [2.24, 2.45) is 9.98 Å². The average Bonchev–Trinajstić information content (AvgIpc) is 3.56. The Morgan fingerprint density at radius 2 is 2.24 bits per heavy atom. The average molecular weight is 478 g/mol. The van der Waals surface area contributed by atoms with Crippen molar-refractivity contribution in [3.8, 4) is 0 Å². The lowest BCUT2D eigenvalue weighted by molar-refractivity contribution is -0.116. The highest BCUT2D eigenvalue weighted by molar-refractivity contribution is 8.13. The maximum atomic E-state index is 13.0. The van der Waals surface area contributed by atoms with Crippen LogP contribution in [0.25, 0.3) is 0 Å². The first-order valence-electron chi connectivity index (χ1n) is 11.4. The van der Waals surface area contributed by atoms with Crippen LogP contribution in [-0.4, -0.2) is 46.9 Å². The Labute approximate surface area is 199 Å². The summed E-state index contributed by atoms with van der Waals surface area (Å²) in [6.45, 7) is 2.05. The van der Waals surface area contributed by atoms with E-state index in [0.717, 1.165) is 29.3 Å². The lowest BCUT2D eigenvalue weighted by atomic mass is 9.78. The number of ether oxygens (including phenoxy) is 1. The molecular formula is C24H23N5O4S. The van der Waals surface area contributed by atoms with E-state index in [4.69, 9.17) is 9.15 Å². The number of hydrogen-bond acceptors (Lipinski definition) is 9. The van der Waals surface area contributed by atoms with Gasteiger partial charge in [-0.1, -0.05) is 6.08 Å². The molecule has 10 heteroatoms. The topological polar surface area (TPSA) is 121 Å². The number of Topliss-reactive ketones (excluding diaryl/α,β-unsaturated/α-hetero) is 1. The number of thioether (sulfide) groups is 1. The number of anilines is 1. The molecule has 6 rings (SSSR count). The zero-order chi connectivity index (χ0) is 23.2. The number of furan rings is 1. The molecule has 0 saturated carbocycles. The number of rotatable bonds is 4. The van der Waals surface area contributed by atoms with E-state index >= 15 is 0 Å². The highest BCUT2D eigenvalue weighted by atomic mass is 32.2.